The van der Waals surface area contributed by atoms with Crippen LogP contribution < -0.4 is 0 Å². The summed E-state index contributed by atoms with van der Waals surface area (Å²) in [6, 6.07) is 9.70. The monoisotopic (exact) mass is 246 g/mol. The predicted octanol–water partition coefficient (Wildman–Crippen LogP) is 3.65. The van der Waals surface area contributed by atoms with Gasteiger partial charge in [-0.1, -0.05) is 30.3 Å². The number of hydrogen-bond donors (Lipinski definition) is 0. The lowest BCUT2D eigenvalue weighted by Gasteiger charge is -1.93. The molecule has 17 heavy (non-hydrogen) atoms. The summed E-state index contributed by atoms with van der Waals surface area (Å²) in [5.41, 5.74) is 1.44. The normalized spacial score (nSPS) is 10.6. The number of aromatic nitrogens is 2. The van der Waals surface area contributed by atoms with E-state index in [1.807, 2.05) is 30.3 Å². The molecule has 0 radical (unpaired) electrons. The highest BCUT2D eigenvalue weighted by Crippen LogP contribution is 2.25. The summed E-state index contributed by atoms with van der Waals surface area (Å²) in [7, 11) is 0. The lowest BCUT2D eigenvalue weighted by Crippen LogP contribution is -1.74. The molecule has 0 unspecified atom stereocenters. The highest BCUT2D eigenvalue weighted by atomic mass is 35.5. The summed E-state index contributed by atoms with van der Waals surface area (Å²) >= 11 is 5.59. The van der Waals surface area contributed by atoms with Crippen LogP contribution in [0.2, 0.25) is 5.35 Å². The number of nitrogens with zero attached hydrogens (tertiary/aromatic N) is 2. The van der Waals surface area contributed by atoms with Crippen LogP contribution in [-0.2, 0) is 0 Å². The molecular formula is C12H7ClN2O2. The van der Waals surface area contributed by atoms with Crippen molar-refractivity contribution < 1.29 is 8.83 Å². The van der Waals surface area contributed by atoms with E-state index in [0.717, 1.165) is 5.56 Å². The summed E-state index contributed by atoms with van der Waals surface area (Å²) in [5, 5.41) is 0.0689. The van der Waals surface area contributed by atoms with E-state index in [0.29, 0.717) is 17.3 Å². The van der Waals surface area contributed by atoms with Gasteiger partial charge in [-0.2, -0.15) is 4.98 Å². The molecule has 0 aliphatic heterocycles. The van der Waals surface area contributed by atoms with Crippen molar-refractivity contribution in [2.24, 2.45) is 0 Å². The van der Waals surface area contributed by atoms with Crippen molar-refractivity contribution >= 4 is 11.6 Å². The minimum absolute atomic E-state index is 0.0689. The molecule has 0 N–H and O–H groups in total. The molecule has 4 nitrogen and oxygen atoms in total. The van der Waals surface area contributed by atoms with E-state index in [9.17, 15) is 0 Å². The second-order valence-electron chi connectivity index (χ2n) is 3.38. The Labute approximate surface area is 102 Å². The van der Waals surface area contributed by atoms with Crippen molar-refractivity contribution in [3.05, 3.63) is 48.1 Å². The molecule has 3 rings (SSSR count). The van der Waals surface area contributed by atoms with Crippen molar-refractivity contribution in [2.45, 2.75) is 0 Å². The van der Waals surface area contributed by atoms with E-state index in [1.165, 1.54) is 6.26 Å². The van der Waals surface area contributed by atoms with Crippen LogP contribution in [0.5, 0.6) is 0 Å². The molecule has 0 saturated heterocycles. The van der Waals surface area contributed by atoms with Crippen molar-refractivity contribution in [1.82, 2.24) is 9.97 Å². The van der Waals surface area contributed by atoms with Crippen molar-refractivity contribution in [2.75, 3.05) is 0 Å². The second-order valence-corrected chi connectivity index (χ2v) is 3.70. The zero-order chi connectivity index (χ0) is 11.7. The van der Waals surface area contributed by atoms with Crippen LogP contribution >= 0.6 is 11.6 Å². The van der Waals surface area contributed by atoms with Crippen LogP contribution in [0.4, 0.5) is 0 Å². The summed E-state index contributed by atoms with van der Waals surface area (Å²) in [6.07, 6.45) is 3.05. The Kier molecular flexibility index (Phi) is 2.42. The average Bonchev–Trinajstić information content (AvgIpc) is 2.98. The minimum atomic E-state index is 0.0689. The Morgan fingerprint density at radius 3 is 2.65 bits per heavy atom. The Morgan fingerprint density at radius 2 is 1.94 bits per heavy atom. The lowest BCUT2D eigenvalue weighted by molar-refractivity contribution is 0.557. The van der Waals surface area contributed by atoms with Crippen LogP contribution in [-0.4, -0.2) is 9.97 Å². The van der Waals surface area contributed by atoms with Crippen molar-refractivity contribution in [3.63, 3.8) is 0 Å². The van der Waals surface area contributed by atoms with Crippen molar-refractivity contribution in [3.8, 4) is 22.9 Å². The standard InChI is InChI=1S/C12H7ClN2O2/c13-12-15-9(7-16-12)11-14-6-10(17-11)8-4-2-1-3-5-8/h1-7H. The van der Waals surface area contributed by atoms with Crippen LogP contribution in [0.1, 0.15) is 0 Å². The van der Waals surface area contributed by atoms with Crippen LogP contribution in [0, 0.1) is 0 Å². The molecule has 5 heteroatoms. The quantitative estimate of drug-likeness (QED) is 0.693. The number of rotatable bonds is 2. The zero-order valence-corrected chi connectivity index (χ0v) is 9.39. The third kappa shape index (κ3) is 1.94. The van der Waals surface area contributed by atoms with Crippen LogP contribution in [0.15, 0.2) is 51.6 Å². The maximum absolute atomic E-state index is 5.59. The van der Waals surface area contributed by atoms with Gasteiger partial charge in [-0.3, -0.25) is 0 Å². The first kappa shape index (κ1) is 10.1. The molecule has 0 atom stereocenters. The Morgan fingerprint density at radius 1 is 1.12 bits per heavy atom. The van der Waals surface area contributed by atoms with E-state index in [2.05, 4.69) is 9.97 Å². The van der Waals surface area contributed by atoms with E-state index >= 15 is 0 Å². The molecular weight excluding hydrogens is 240 g/mol. The van der Waals surface area contributed by atoms with Gasteiger partial charge in [-0.25, -0.2) is 4.98 Å². The Bertz CT molecular complexity index is 631. The molecule has 2 heterocycles. The Hall–Kier alpha value is -2.07. The molecule has 3 aromatic rings. The number of hydrogen-bond acceptors (Lipinski definition) is 4. The molecule has 0 fully saturated rings. The van der Waals surface area contributed by atoms with E-state index in [1.54, 1.807) is 6.20 Å². The third-order valence-electron chi connectivity index (χ3n) is 2.26. The van der Waals surface area contributed by atoms with Gasteiger partial charge in [0.1, 0.15) is 6.26 Å². The second kappa shape index (κ2) is 4.07. The maximum atomic E-state index is 5.59. The molecule has 0 saturated carbocycles. The molecule has 0 bridgehead atoms. The third-order valence-corrected chi connectivity index (χ3v) is 2.43. The van der Waals surface area contributed by atoms with E-state index in [-0.39, 0.29) is 5.35 Å². The fraction of sp³-hybridized carbons (Fsp3) is 0. The summed E-state index contributed by atoms with van der Waals surface area (Å²) in [5.74, 6) is 1.07. The molecule has 84 valence electrons. The van der Waals surface area contributed by atoms with Gasteiger partial charge in [0, 0.05) is 5.56 Å². The van der Waals surface area contributed by atoms with Gasteiger partial charge < -0.3 is 8.83 Å². The molecule has 0 aliphatic rings. The molecule has 1 aromatic carbocycles. The van der Waals surface area contributed by atoms with Gasteiger partial charge in [0.2, 0.25) is 5.89 Å². The lowest BCUT2D eigenvalue weighted by atomic mass is 10.2. The first-order valence-electron chi connectivity index (χ1n) is 4.95. The highest BCUT2D eigenvalue weighted by Gasteiger charge is 2.11. The van der Waals surface area contributed by atoms with Gasteiger partial charge in [0.15, 0.2) is 11.5 Å². The largest absolute Gasteiger partial charge is 0.435 e. The molecule has 0 spiro atoms. The molecule has 0 aliphatic carbocycles. The Balaban J connectivity index is 1.99. The van der Waals surface area contributed by atoms with Crippen LogP contribution in [0.3, 0.4) is 0 Å². The highest BCUT2D eigenvalue weighted by molar-refractivity contribution is 6.27. The van der Waals surface area contributed by atoms with E-state index < -0.39 is 0 Å². The summed E-state index contributed by atoms with van der Waals surface area (Å²) in [4.78, 5) is 8.06. The van der Waals surface area contributed by atoms with Crippen molar-refractivity contribution in [1.29, 1.82) is 0 Å². The topological polar surface area (TPSA) is 52.1 Å². The number of benzene rings is 1. The van der Waals surface area contributed by atoms with Gasteiger partial charge in [0.05, 0.1) is 6.20 Å². The molecule has 2 aromatic heterocycles. The predicted molar refractivity (Wildman–Crippen MR) is 62.4 cm³/mol. The zero-order valence-electron chi connectivity index (χ0n) is 8.63. The first-order chi connectivity index (χ1) is 8.33. The smallest absolute Gasteiger partial charge is 0.292 e. The number of oxazole rings is 2. The van der Waals surface area contributed by atoms with Gasteiger partial charge in [0.25, 0.3) is 5.35 Å². The maximum Gasteiger partial charge on any atom is 0.292 e. The van der Waals surface area contributed by atoms with Gasteiger partial charge >= 0.3 is 0 Å². The number of halogens is 1. The minimum Gasteiger partial charge on any atom is -0.435 e. The summed E-state index contributed by atoms with van der Waals surface area (Å²) < 4.78 is 10.5. The fourth-order valence-corrected chi connectivity index (χ4v) is 1.61. The first-order valence-corrected chi connectivity index (χ1v) is 5.33. The fourth-order valence-electron chi connectivity index (χ4n) is 1.48. The summed E-state index contributed by atoms with van der Waals surface area (Å²) in [6.45, 7) is 0. The van der Waals surface area contributed by atoms with Crippen LogP contribution in [0.25, 0.3) is 22.9 Å². The average molecular weight is 247 g/mol. The molecule has 0 amide bonds. The van der Waals surface area contributed by atoms with Gasteiger partial charge in [-0.15, -0.1) is 0 Å². The van der Waals surface area contributed by atoms with Gasteiger partial charge in [-0.05, 0) is 11.6 Å². The SMILES string of the molecule is Clc1nc(-c2ncc(-c3ccccc3)o2)co1. The van der Waals surface area contributed by atoms with E-state index in [4.69, 9.17) is 20.4 Å².